The van der Waals surface area contributed by atoms with Gasteiger partial charge in [-0.2, -0.15) is 0 Å². The highest BCUT2D eigenvalue weighted by Gasteiger charge is 2.52. The van der Waals surface area contributed by atoms with Crippen LogP contribution in [0.3, 0.4) is 0 Å². The molecule has 0 unspecified atom stereocenters. The first-order valence-electron chi connectivity index (χ1n) is 12.8. The molecule has 0 saturated carbocycles. The predicted octanol–water partition coefficient (Wildman–Crippen LogP) is -1.85. The Labute approximate surface area is 224 Å². The molecule has 13 nitrogen and oxygen atoms in total. The van der Waals surface area contributed by atoms with Crippen molar-refractivity contribution in [2.45, 2.75) is 68.5 Å². The molecular formula is C26H35N3O10. The molecule has 1 aromatic rings. The quantitative estimate of drug-likeness (QED) is 0.190. The zero-order valence-corrected chi connectivity index (χ0v) is 21.7. The number of rotatable bonds is 7. The molecule has 7 N–H and O–H groups in total. The Morgan fingerprint density at radius 2 is 1.92 bits per heavy atom. The number of likely N-dealkylation sites (tertiary alicyclic amines) is 1. The zero-order chi connectivity index (χ0) is 28.6. The van der Waals surface area contributed by atoms with Crippen LogP contribution in [0.15, 0.2) is 30.4 Å². The fraction of sp³-hybridized carbons (Fsp3) is 0.577. The predicted molar refractivity (Wildman–Crippen MR) is 136 cm³/mol. The Hall–Kier alpha value is -2.91. The van der Waals surface area contributed by atoms with Crippen molar-refractivity contribution in [3.8, 4) is 0 Å². The highest BCUT2D eigenvalue weighted by Crippen LogP contribution is 2.45. The van der Waals surface area contributed by atoms with E-state index in [2.05, 4.69) is 5.32 Å². The molecule has 39 heavy (non-hydrogen) atoms. The van der Waals surface area contributed by atoms with Crippen LogP contribution in [0.1, 0.15) is 31.7 Å². The van der Waals surface area contributed by atoms with Crippen molar-refractivity contribution in [2.75, 3.05) is 30.4 Å². The van der Waals surface area contributed by atoms with Crippen LogP contribution in [0, 0.1) is 5.92 Å². The first-order valence-corrected chi connectivity index (χ1v) is 12.8. The van der Waals surface area contributed by atoms with E-state index < -0.39 is 54.0 Å². The molecule has 8 atom stereocenters. The second-order valence-corrected chi connectivity index (χ2v) is 10.3. The van der Waals surface area contributed by atoms with Crippen molar-refractivity contribution >= 4 is 29.1 Å². The molecule has 0 aromatic heterocycles. The maximum absolute atomic E-state index is 13.2. The van der Waals surface area contributed by atoms with Gasteiger partial charge in [-0.25, -0.2) is 0 Å². The van der Waals surface area contributed by atoms with Gasteiger partial charge < -0.3 is 50.5 Å². The first kappa shape index (κ1) is 29.1. The third-order valence-electron chi connectivity index (χ3n) is 7.80. The molecule has 3 aliphatic heterocycles. The van der Waals surface area contributed by atoms with Gasteiger partial charge in [-0.15, -0.1) is 0 Å². The lowest BCUT2D eigenvalue weighted by Crippen LogP contribution is -2.60. The highest BCUT2D eigenvalue weighted by atomic mass is 16.6. The summed E-state index contributed by atoms with van der Waals surface area (Å²) >= 11 is 0. The maximum Gasteiger partial charge on any atom is 0.264 e. The van der Waals surface area contributed by atoms with Gasteiger partial charge in [-0.05, 0) is 31.0 Å². The average Bonchev–Trinajstić information content (AvgIpc) is 3.47. The number of hydrogen-bond donors (Lipinski definition) is 7. The highest BCUT2D eigenvalue weighted by molar-refractivity contribution is 6.07. The second-order valence-electron chi connectivity index (χ2n) is 10.3. The van der Waals surface area contributed by atoms with Crippen molar-refractivity contribution in [1.82, 2.24) is 4.90 Å². The summed E-state index contributed by atoms with van der Waals surface area (Å²) < 4.78 is 4.95. The summed E-state index contributed by atoms with van der Waals surface area (Å²) in [5.41, 5.74) is -1.26. The first-order chi connectivity index (χ1) is 18.4. The van der Waals surface area contributed by atoms with Gasteiger partial charge in [0.25, 0.3) is 11.8 Å². The summed E-state index contributed by atoms with van der Waals surface area (Å²) in [6.07, 6.45) is -4.25. The zero-order valence-electron chi connectivity index (χ0n) is 21.7. The Balaban J connectivity index is 1.50. The van der Waals surface area contributed by atoms with Gasteiger partial charge in [0, 0.05) is 37.2 Å². The number of nitrogens with zero attached hydrogens (tertiary/aromatic N) is 2. The number of aliphatic hydroxyl groups is 6. The smallest absolute Gasteiger partial charge is 0.264 e. The van der Waals surface area contributed by atoms with Crippen LogP contribution in [-0.4, -0.2) is 110 Å². The number of carbonyl (C=O) groups is 3. The molecule has 0 radical (unpaired) electrons. The standard InChI is InChI=1S/C26H35N3O10/c1-13(5-3-7-18(31)29-10-4-6-15(29)12-30)26(38)16-11-14(8-9-17(16)28(2)25(26)37)27-23(35)22-20(33)19(32)21(34)24(36)39-22/h3,5,8-9,11,13,15,19-22,24,30,32-34,36,38H,4,6-7,10,12H2,1-2H3,(H,27,35)/b5-3+/t13-,15+,19+,20+,21-,22+,24-,26+/m1/s1. The Bertz CT molecular complexity index is 1140. The van der Waals surface area contributed by atoms with E-state index >= 15 is 0 Å². The largest absolute Gasteiger partial charge is 0.394 e. The summed E-state index contributed by atoms with van der Waals surface area (Å²) in [4.78, 5) is 41.4. The molecule has 214 valence electrons. The van der Waals surface area contributed by atoms with E-state index in [1.54, 1.807) is 24.0 Å². The van der Waals surface area contributed by atoms with E-state index in [0.717, 1.165) is 12.8 Å². The number of hydrogen-bond acceptors (Lipinski definition) is 10. The number of amides is 3. The molecule has 13 heteroatoms. The average molecular weight is 550 g/mol. The number of aliphatic hydroxyl groups excluding tert-OH is 5. The lowest BCUT2D eigenvalue weighted by Gasteiger charge is -2.37. The number of benzene rings is 1. The van der Waals surface area contributed by atoms with E-state index in [1.807, 2.05) is 0 Å². The van der Waals surface area contributed by atoms with E-state index in [0.29, 0.717) is 12.2 Å². The number of nitrogens with one attached hydrogen (secondary N) is 1. The van der Waals surface area contributed by atoms with Crippen LogP contribution in [0.25, 0.3) is 0 Å². The van der Waals surface area contributed by atoms with Crippen LogP contribution in [0.2, 0.25) is 0 Å². The molecule has 3 amide bonds. The van der Waals surface area contributed by atoms with Crippen molar-refractivity contribution in [3.05, 3.63) is 35.9 Å². The molecule has 2 fully saturated rings. The van der Waals surface area contributed by atoms with Crippen molar-refractivity contribution in [3.63, 3.8) is 0 Å². The summed E-state index contributed by atoms with van der Waals surface area (Å²) in [7, 11) is 1.50. The normalized spacial score (nSPS) is 33.5. The van der Waals surface area contributed by atoms with Gasteiger partial charge in [-0.3, -0.25) is 14.4 Å². The van der Waals surface area contributed by atoms with Crippen molar-refractivity contribution < 1.29 is 49.8 Å². The molecule has 3 heterocycles. The van der Waals surface area contributed by atoms with E-state index in [4.69, 9.17) is 4.74 Å². The molecule has 2 saturated heterocycles. The van der Waals surface area contributed by atoms with Crippen molar-refractivity contribution in [1.29, 1.82) is 0 Å². The number of anilines is 2. The van der Waals surface area contributed by atoms with E-state index in [1.165, 1.54) is 30.1 Å². The molecule has 3 aliphatic rings. The monoisotopic (exact) mass is 549 g/mol. The van der Waals surface area contributed by atoms with Crippen LogP contribution in [0.5, 0.6) is 0 Å². The van der Waals surface area contributed by atoms with Gasteiger partial charge >= 0.3 is 0 Å². The number of likely N-dealkylation sites (N-methyl/N-ethyl adjacent to an activating group) is 1. The van der Waals surface area contributed by atoms with Gasteiger partial charge in [0.05, 0.1) is 18.3 Å². The van der Waals surface area contributed by atoms with Crippen LogP contribution in [-0.2, 0) is 24.7 Å². The molecule has 1 aromatic carbocycles. The third kappa shape index (κ3) is 5.18. The second kappa shape index (κ2) is 11.3. The lowest BCUT2D eigenvalue weighted by molar-refractivity contribution is -0.274. The van der Waals surface area contributed by atoms with Gasteiger partial charge in [0.15, 0.2) is 18.0 Å². The van der Waals surface area contributed by atoms with E-state index in [9.17, 15) is 45.0 Å². The molecule has 0 bridgehead atoms. The summed E-state index contributed by atoms with van der Waals surface area (Å²) in [5.74, 6) is -2.45. The summed E-state index contributed by atoms with van der Waals surface area (Å²) in [6, 6.07) is 4.19. The summed E-state index contributed by atoms with van der Waals surface area (Å²) in [6.45, 7) is 2.10. The fourth-order valence-electron chi connectivity index (χ4n) is 5.41. The minimum absolute atomic E-state index is 0.0417. The van der Waals surface area contributed by atoms with E-state index in [-0.39, 0.29) is 36.2 Å². The third-order valence-corrected chi connectivity index (χ3v) is 7.80. The maximum atomic E-state index is 13.2. The summed E-state index contributed by atoms with van der Waals surface area (Å²) in [5, 5.41) is 62.9. The topological polar surface area (TPSA) is 200 Å². The lowest BCUT2D eigenvalue weighted by atomic mass is 9.82. The number of fused-ring (bicyclic) bond motifs is 1. The number of ether oxygens (including phenoxy) is 1. The van der Waals surface area contributed by atoms with Gasteiger partial charge in [0.1, 0.15) is 18.3 Å². The molecule has 4 rings (SSSR count). The minimum atomic E-state index is -2.01. The van der Waals surface area contributed by atoms with Crippen LogP contribution < -0.4 is 10.2 Å². The minimum Gasteiger partial charge on any atom is -0.394 e. The SMILES string of the molecule is C[C@H](/C=C/CC(=O)N1CCC[C@H]1CO)[C@@]1(O)C(=O)N(C)c2ccc(NC(=O)[C@H]3O[C@@H](O)[C@H](O)[C@@H](O)[C@@H]3O)cc21. The van der Waals surface area contributed by atoms with Crippen LogP contribution >= 0.6 is 0 Å². The Morgan fingerprint density at radius 3 is 2.62 bits per heavy atom. The van der Waals surface area contributed by atoms with Crippen molar-refractivity contribution in [2.24, 2.45) is 5.92 Å². The van der Waals surface area contributed by atoms with Gasteiger partial charge in [-0.1, -0.05) is 19.1 Å². The van der Waals surface area contributed by atoms with Crippen LogP contribution in [0.4, 0.5) is 11.4 Å². The molecule has 0 aliphatic carbocycles. The Morgan fingerprint density at radius 1 is 1.21 bits per heavy atom. The fourth-order valence-corrected chi connectivity index (χ4v) is 5.41. The Kier molecular flexibility index (Phi) is 8.42. The molecule has 0 spiro atoms. The van der Waals surface area contributed by atoms with Gasteiger partial charge in [0.2, 0.25) is 5.91 Å². The number of carbonyl (C=O) groups excluding carboxylic acids is 3. The molecular weight excluding hydrogens is 514 g/mol.